The van der Waals surface area contributed by atoms with Gasteiger partial charge in [-0.05, 0) is 49.6 Å². The summed E-state index contributed by atoms with van der Waals surface area (Å²) in [6.45, 7) is 3.00. The monoisotopic (exact) mass is 380 g/mol. The van der Waals surface area contributed by atoms with Crippen molar-refractivity contribution in [3.8, 4) is 0 Å². The maximum absolute atomic E-state index is 4.66. The molecule has 0 saturated heterocycles. The number of aliphatic imine (C=N–C) groups is 1. The number of halogens is 1. The van der Waals surface area contributed by atoms with Crippen LogP contribution in [-0.2, 0) is 0 Å². The molecule has 0 spiro atoms. The number of hydrogen-bond donors (Lipinski definition) is 1. The lowest BCUT2D eigenvalue weighted by molar-refractivity contribution is 0.951. The first kappa shape index (κ1) is 15.3. The third-order valence-corrected chi connectivity index (χ3v) is 5.19. The molecule has 2 aromatic heterocycles. The fraction of sp³-hybridized carbons (Fsp3) is 0.211. The highest BCUT2D eigenvalue weighted by Crippen LogP contribution is 2.29. The second kappa shape index (κ2) is 6.32. The molecule has 0 saturated carbocycles. The highest BCUT2D eigenvalue weighted by Gasteiger charge is 2.12. The molecule has 4 rings (SSSR count). The van der Waals surface area contributed by atoms with Crippen molar-refractivity contribution in [2.45, 2.75) is 19.8 Å². The summed E-state index contributed by atoms with van der Waals surface area (Å²) >= 11 is 3.57. The minimum Gasteiger partial charge on any atom is -0.338 e. The molecule has 0 atom stereocenters. The van der Waals surface area contributed by atoms with E-state index in [2.05, 4.69) is 49.2 Å². The van der Waals surface area contributed by atoms with Gasteiger partial charge in [0.1, 0.15) is 5.52 Å². The van der Waals surface area contributed by atoms with Crippen molar-refractivity contribution in [2.24, 2.45) is 4.99 Å². The van der Waals surface area contributed by atoms with E-state index < -0.39 is 0 Å². The Balaban J connectivity index is 1.75. The number of nitrogens with one attached hydrogen (secondary N) is 1. The normalized spacial score (nSPS) is 14.0. The predicted octanol–water partition coefficient (Wildman–Crippen LogP) is 5.03. The molecular weight excluding hydrogens is 364 g/mol. The minimum absolute atomic E-state index is 0.772. The van der Waals surface area contributed by atoms with E-state index >= 15 is 0 Å². The SMILES string of the molecule is Cc1c(Br)cccc1Nc1nccc2cc(C3=NCCC3)cnc12. The van der Waals surface area contributed by atoms with E-state index in [1.807, 2.05) is 36.7 Å². The van der Waals surface area contributed by atoms with Crippen LogP contribution in [0.15, 0.2) is 52.2 Å². The molecule has 0 aliphatic carbocycles. The number of hydrogen-bond acceptors (Lipinski definition) is 4. The summed E-state index contributed by atoms with van der Waals surface area (Å²) in [6, 6.07) is 10.2. The summed E-state index contributed by atoms with van der Waals surface area (Å²) in [5, 5.41) is 4.49. The Labute approximate surface area is 149 Å². The average molecular weight is 381 g/mol. The molecule has 0 fully saturated rings. The van der Waals surface area contributed by atoms with Gasteiger partial charge in [-0.15, -0.1) is 0 Å². The van der Waals surface area contributed by atoms with Gasteiger partial charge >= 0.3 is 0 Å². The molecule has 3 aromatic rings. The molecule has 1 aliphatic rings. The zero-order chi connectivity index (χ0) is 16.5. The topological polar surface area (TPSA) is 50.2 Å². The molecule has 0 bridgehead atoms. The number of nitrogens with zero attached hydrogens (tertiary/aromatic N) is 3. The summed E-state index contributed by atoms with van der Waals surface area (Å²) in [5.74, 6) is 0.772. The Morgan fingerprint density at radius 1 is 1.17 bits per heavy atom. The fourth-order valence-corrected chi connectivity index (χ4v) is 3.32. The molecule has 1 N–H and O–H groups in total. The van der Waals surface area contributed by atoms with Crippen molar-refractivity contribution in [3.05, 3.63) is 58.3 Å². The van der Waals surface area contributed by atoms with E-state index in [1.165, 1.54) is 5.71 Å². The molecule has 3 heterocycles. The summed E-state index contributed by atoms with van der Waals surface area (Å²) < 4.78 is 1.07. The third kappa shape index (κ3) is 2.80. The largest absolute Gasteiger partial charge is 0.338 e. The van der Waals surface area contributed by atoms with Crippen LogP contribution in [0.2, 0.25) is 0 Å². The summed E-state index contributed by atoms with van der Waals surface area (Å²) in [5.41, 5.74) is 5.33. The lowest BCUT2D eigenvalue weighted by Crippen LogP contribution is -2.01. The molecule has 5 heteroatoms. The van der Waals surface area contributed by atoms with Crippen LogP contribution in [0.3, 0.4) is 0 Å². The number of anilines is 2. The van der Waals surface area contributed by atoms with Gasteiger partial charge in [-0.1, -0.05) is 22.0 Å². The van der Waals surface area contributed by atoms with Crippen LogP contribution in [-0.4, -0.2) is 22.2 Å². The number of aromatic nitrogens is 2. The summed E-state index contributed by atoms with van der Waals surface area (Å²) in [4.78, 5) is 13.7. The van der Waals surface area contributed by atoms with Gasteiger partial charge in [-0.3, -0.25) is 9.98 Å². The van der Waals surface area contributed by atoms with Gasteiger partial charge < -0.3 is 5.32 Å². The lowest BCUT2D eigenvalue weighted by Gasteiger charge is -2.12. The maximum Gasteiger partial charge on any atom is 0.156 e. The van der Waals surface area contributed by atoms with Gasteiger partial charge in [0.2, 0.25) is 0 Å². The molecule has 120 valence electrons. The number of pyridine rings is 2. The Morgan fingerprint density at radius 3 is 2.92 bits per heavy atom. The van der Waals surface area contributed by atoms with Crippen LogP contribution in [0.4, 0.5) is 11.5 Å². The highest BCUT2D eigenvalue weighted by molar-refractivity contribution is 9.10. The average Bonchev–Trinajstić information content (AvgIpc) is 3.13. The lowest BCUT2D eigenvalue weighted by atomic mass is 10.1. The standard InChI is InChI=1S/C19H17BrN4/c1-12-15(20)4-2-5-16(12)24-19-18-13(7-9-22-19)10-14(11-23-18)17-6-3-8-21-17/h2,4-5,7,9-11H,3,6,8H2,1H3,(H,22,24). The Hall–Kier alpha value is -2.27. The molecule has 4 nitrogen and oxygen atoms in total. The number of rotatable bonds is 3. The second-order valence-electron chi connectivity index (χ2n) is 5.92. The zero-order valence-corrected chi connectivity index (χ0v) is 15.0. The summed E-state index contributed by atoms with van der Waals surface area (Å²) in [6.07, 6.45) is 5.91. The fourth-order valence-electron chi connectivity index (χ4n) is 2.95. The first-order chi connectivity index (χ1) is 11.7. The van der Waals surface area contributed by atoms with Crippen molar-refractivity contribution in [3.63, 3.8) is 0 Å². The quantitative estimate of drug-likeness (QED) is 0.693. The van der Waals surface area contributed by atoms with Crippen molar-refractivity contribution in [1.29, 1.82) is 0 Å². The minimum atomic E-state index is 0.772. The van der Waals surface area contributed by atoms with E-state index in [1.54, 1.807) is 0 Å². The van der Waals surface area contributed by atoms with Gasteiger partial charge in [0, 0.05) is 45.8 Å². The highest BCUT2D eigenvalue weighted by atomic mass is 79.9. The first-order valence-electron chi connectivity index (χ1n) is 8.03. The van der Waals surface area contributed by atoms with Gasteiger partial charge in [0.25, 0.3) is 0 Å². The van der Waals surface area contributed by atoms with E-state index in [-0.39, 0.29) is 0 Å². The zero-order valence-electron chi connectivity index (χ0n) is 13.4. The van der Waals surface area contributed by atoms with Gasteiger partial charge in [-0.2, -0.15) is 0 Å². The molecule has 0 unspecified atom stereocenters. The predicted molar refractivity (Wildman–Crippen MR) is 102 cm³/mol. The van der Waals surface area contributed by atoms with Gasteiger partial charge in [0.15, 0.2) is 5.82 Å². The van der Waals surface area contributed by atoms with Crippen LogP contribution >= 0.6 is 15.9 Å². The second-order valence-corrected chi connectivity index (χ2v) is 6.78. The van der Waals surface area contributed by atoms with Crippen molar-refractivity contribution < 1.29 is 0 Å². The van der Waals surface area contributed by atoms with Gasteiger partial charge in [-0.25, -0.2) is 4.98 Å². The van der Waals surface area contributed by atoms with Crippen LogP contribution in [0.1, 0.15) is 24.0 Å². The Morgan fingerprint density at radius 2 is 2.08 bits per heavy atom. The Bertz CT molecular complexity index is 949. The van der Waals surface area contributed by atoms with E-state index in [0.29, 0.717) is 0 Å². The number of fused-ring (bicyclic) bond motifs is 1. The van der Waals surface area contributed by atoms with Crippen molar-refractivity contribution in [1.82, 2.24) is 9.97 Å². The Kier molecular flexibility index (Phi) is 4.02. The molecule has 24 heavy (non-hydrogen) atoms. The van der Waals surface area contributed by atoms with E-state index in [0.717, 1.165) is 57.4 Å². The van der Waals surface area contributed by atoms with Crippen LogP contribution in [0.5, 0.6) is 0 Å². The molecule has 1 aromatic carbocycles. The van der Waals surface area contributed by atoms with Crippen LogP contribution in [0, 0.1) is 6.92 Å². The molecule has 0 amide bonds. The third-order valence-electron chi connectivity index (χ3n) is 4.33. The first-order valence-corrected chi connectivity index (χ1v) is 8.82. The number of benzene rings is 1. The van der Waals surface area contributed by atoms with Crippen molar-refractivity contribution >= 4 is 44.0 Å². The molecule has 0 radical (unpaired) electrons. The van der Waals surface area contributed by atoms with E-state index in [4.69, 9.17) is 0 Å². The summed E-state index contributed by atoms with van der Waals surface area (Å²) in [7, 11) is 0. The maximum atomic E-state index is 4.66. The van der Waals surface area contributed by atoms with Gasteiger partial charge in [0.05, 0.1) is 0 Å². The molecular formula is C19H17BrN4. The van der Waals surface area contributed by atoms with Crippen LogP contribution in [0.25, 0.3) is 10.9 Å². The van der Waals surface area contributed by atoms with Crippen LogP contribution < -0.4 is 5.32 Å². The molecule has 1 aliphatic heterocycles. The van der Waals surface area contributed by atoms with E-state index in [9.17, 15) is 0 Å². The van der Waals surface area contributed by atoms with Crippen molar-refractivity contribution in [2.75, 3.05) is 11.9 Å². The smallest absolute Gasteiger partial charge is 0.156 e.